The van der Waals surface area contributed by atoms with Crippen molar-refractivity contribution >= 4 is 29.2 Å². The molecule has 1 rings (SSSR count). The molecule has 0 aliphatic rings. The maximum Gasteiger partial charge on any atom is 0.334 e. The SMILES string of the molecule is O=C(NC[C@H](O)C(=O)O)c1cc(Cl)ncc1[N+](=O)[O-]. The Morgan fingerprint density at radius 2 is 2.21 bits per heavy atom. The molecule has 0 radical (unpaired) electrons. The van der Waals surface area contributed by atoms with E-state index in [2.05, 4.69) is 4.98 Å². The Labute approximate surface area is 111 Å². The number of hydrogen-bond donors (Lipinski definition) is 3. The van der Waals surface area contributed by atoms with E-state index in [1.807, 2.05) is 5.32 Å². The van der Waals surface area contributed by atoms with Crippen LogP contribution in [0.4, 0.5) is 5.69 Å². The summed E-state index contributed by atoms with van der Waals surface area (Å²) in [6, 6.07) is 0.974. The van der Waals surface area contributed by atoms with Crippen molar-refractivity contribution in [3.8, 4) is 0 Å². The van der Waals surface area contributed by atoms with Crippen LogP contribution in [-0.2, 0) is 4.79 Å². The van der Waals surface area contributed by atoms with Crippen molar-refractivity contribution in [3.63, 3.8) is 0 Å². The number of aliphatic hydroxyl groups is 1. The Morgan fingerprint density at radius 1 is 1.58 bits per heavy atom. The topological polar surface area (TPSA) is 143 Å². The van der Waals surface area contributed by atoms with Gasteiger partial charge in [-0.2, -0.15) is 0 Å². The van der Waals surface area contributed by atoms with Crippen molar-refractivity contribution in [1.82, 2.24) is 10.3 Å². The van der Waals surface area contributed by atoms with Crippen LogP contribution in [0, 0.1) is 10.1 Å². The van der Waals surface area contributed by atoms with Gasteiger partial charge in [0.2, 0.25) is 0 Å². The van der Waals surface area contributed by atoms with Gasteiger partial charge in [-0.25, -0.2) is 9.78 Å². The van der Waals surface area contributed by atoms with Gasteiger partial charge < -0.3 is 15.5 Å². The van der Waals surface area contributed by atoms with Gasteiger partial charge in [0.25, 0.3) is 11.6 Å². The number of nitrogens with one attached hydrogen (secondary N) is 1. The van der Waals surface area contributed by atoms with Gasteiger partial charge in [0.05, 0.1) is 11.5 Å². The molecule has 9 nitrogen and oxygen atoms in total. The quantitative estimate of drug-likeness (QED) is 0.387. The Balaban J connectivity index is 2.90. The van der Waals surface area contributed by atoms with Crippen LogP contribution in [-0.4, -0.2) is 44.6 Å². The van der Waals surface area contributed by atoms with Gasteiger partial charge in [0.15, 0.2) is 6.10 Å². The standard InChI is InChI=1S/C9H8ClN3O6/c10-7-1-4(5(2-11-7)13(18)19)8(15)12-3-6(14)9(16)17/h1-2,6,14H,3H2,(H,12,15)(H,16,17)/t6-/m0/s1. The number of rotatable bonds is 5. The van der Waals surface area contributed by atoms with E-state index < -0.39 is 35.1 Å². The first-order chi connectivity index (χ1) is 8.82. The zero-order chi connectivity index (χ0) is 14.6. The molecule has 1 aromatic heterocycles. The van der Waals surface area contributed by atoms with E-state index >= 15 is 0 Å². The molecule has 1 amide bonds. The summed E-state index contributed by atoms with van der Waals surface area (Å²) < 4.78 is 0. The maximum atomic E-state index is 11.6. The van der Waals surface area contributed by atoms with E-state index in [4.69, 9.17) is 21.8 Å². The van der Waals surface area contributed by atoms with E-state index in [0.717, 1.165) is 12.3 Å². The number of aliphatic carboxylic acids is 1. The van der Waals surface area contributed by atoms with Gasteiger partial charge in [-0.1, -0.05) is 11.6 Å². The van der Waals surface area contributed by atoms with Crippen LogP contribution in [0.25, 0.3) is 0 Å². The van der Waals surface area contributed by atoms with Crippen molar-refractivity contribution in [3.05, 3.63) is 33.1 Å². The summed E-state index contributed by atoms with van der Waals surface area (Å²) in [6.07, 6.45) is -0.995. The zero-order valence-electron chi connectivity index (χ0n) is 9.24. The molecule has 0 bridgehead atoms. The molecule has 0 aliphatic carbocycles. The van der Waals surface area contributed by atoms with Crippen LogP contribution in [0.2, 0.25) is 5.15 Å². The van der Waals surface area contributed by atoms with E-state index in [1.54, 1.807) is 0 Å². The third-order valence-corrected chi connectivity index (χ3v) is 2.24. The molecule has 102 valence electrons. The zero-order valence-corrected chi connectivity index (χ0v) is 9.99. The van der Waals surface area contributed by atoms with Gasteiger partial charge in [0.1, 0.15) is 16.9 Å². The third-order valence-electron chi connectivity index (χ3n) is 2.03. The Bertz CT molecular complexity index is 535. The highest BCUT2D eigenvalue weighted by atomic mass is 35.5. The van der Waals surface area contributed by atoms with Crippen LogP contribution in [0.3, 0.4) is 0 Å². The molecular weight excluding hydrogens is 282 g/mol. The maximum absolute atomic E-state index is 11.6. The molecule has 0 aliphatic heterocycles. The van der Waals surface area contributed by atoms with Crippen molar-refractivity contribution < 1.29 is 24.7 Å². The molecule has 0 saturated carbocycles. The highest BCUT2D eigenvalue weighted by molar-refractivity contribution is 6.29. The fourth-order valence-electron chi connectivity index (χ4n) is 1.12. The summed E-state index contributed by atoms with van der Waals surface area (Å²) in [5.74, 6) is -2.46. The second-order valence-corrected chi connectivity index (χ2v) is 3.73. The average molecular weight is 290 g/mol. The fourth-order valence-corrected chi connectivity index (χ4v) is 1.28. The first-order valence-corrected chi connectivity index (χ1v) is 5.19. The second kappa shape index (κ2) is 6.07. The molecule has 0 spiro atoms. The number of hydrogen-bond acceptors (Lipinski definition) is 6. The van der Waals surface area contributed by atoms with Gasteiger partial charge in [-0.05, 0) is 6.07 Å². The van der Waals surface area contributed by atoms with Crippen LogP contribution in [0.15, 0.2) is 12.3 Å². The number of pyridine rings is 1. The summed E-state index contributed by atoms with van der Waals surface area (Å²) in [7, 11) is 0. The van der Waals surface area contributed by atoms with Crippen molar-refractivity contribution in [2.75, 3.05) is 6.54 Å². The number of aliphatic hydroxyl groups excluding tert-OH is 1. The molecule has 1 heterocycles. The first kappa shape index (κ1) is 14.8. The van der Waals surface area contributed by atoms with Crippen molar-refractivity contribution in [2.24, 2.45) is 0 Å². The summed E-state index contributed by atoms with van der Waals surface area (Å²) in [5.41, 5.74) is -0.950. The van der Waals surface area contributed by atoms with Crippen molar-refractivity contribution in [1.29, 1.82) is 0 Å². The molecule has 10 heteroatoms. The summed E-state index contributed by atoms with van der Waals surface area (Å²) >= 11 is 5.52. The van der Waals surface area contributed by atoms with Crippen LogP contribution in [0.5, 0.6) is 0 Å². The lowest BCUT2D eigenvalue weighted by Crippen LogP contribution is -2.36. The lowest BCUT2D eigenvalue weighted by molar-refractivity contribution is -0.385. The lowest BCUT2D eigenvalue weighted by atomic mass is 10.2. The molecule has 0 saturated heterocycles. The minimum atomic E-state index is -1.81. The average Bonchev–Trinajstić information content (AvgIpc) is 2.34. The summed E-state index contributed by atoms with van der Waals surface area (Å²) in [5, 5.41) is 30.0. The molecule has 19 heavy (non-hydrogen) atoms. The predicted molar refractivity (Wildman–Crippen MR) is 61.9 cm³/mol. The number of amides is 1. The first-order valence-electron chi connectivity index (χ1n) is 4.82. The summed E-state index contributed by atoms with van der Waals surface area (Å²) in [4.78, 5) is 35.3. The number of carbonyl (C=O) groups excluding carboxylic acids is 1. The highest BCUT2D eigenvalue weighted by Gasteiger charge is 2.22. The van der Waals surface area contributed by atoms with Gasteiger partial charge in [0, 0.05) is 0 Å². The number of halogens is 1. The number of nitro groups is 1. The number of carbonyl (C=O) groups is 2. The second-order valence-electron chi connectivity index (χ2n) is 3.35. The molecule has 0 unspecified atom stereocenters. The lowest BCUT2D eigenvalue weighted by Gasteiger charge is -2.08. The number of aromatic nitrogens is 1. The third kappa shape index (κ3) is 3.86. The number of nitrogens with zero attached hydrogens (tertiary/aromatic N) is 2. The molecule has 1 atom stereocenters. The predicted octanol–water partition coefficient (Wildman–Crippen LogP) is -0.182. The normalized spacial score (nSPS) is 11.7. The fraction of sp³-hybridized carbons (Fsp3) is 0.222. The Kier molecular flexibility index (Phi) is 4.73. The van der Waals surface area contributed by atoms with E-state index in [9.17, 15) is 19.7 Å². The number of carboxylic acids is 1. The molecule has 0 aromatic carbocycles. The van der Waals surface area contributed by atoms with Crippen LogP contribution in [0.1, 0.15) is 10.4 Å². The Morgan fingerprint density at radius 3 is 2.74 bits per heavy atom. The van der Waals surface area contributed by atoms with Gasteiger partial charge in [-0.15, -0.1) is 0 Å². The molecule has 3 N–H and O–H groups in total. The highest BCUT2D eigenvalue weighted by Crippen LogP contribution is 2.20. The monoisotopic (exact) mass is 289 g/mol. The molecule has 0 fully saturated rings. The van der Waals surface area contributed by atoms with Crippen LogP contribution < -0.4 is 5.32 Å². The van der Waals surface area contributed by atoms with E-state index in [-0.39, 0.29) is 10.7 Å². The Hall–Kier alpha value is -2.26. The van der Waals surface area contributed by atoms with Crippen molar-refractivity contribution in [2.45, 2.75) is 6.10 Å². The van der Waals surface area contributed by atoms with Gasteiger partial charge >= 0.3 is 5.97 Å². The molecular formula is C9H8ClN3O6. The largest absolute Gasteiger partial charge is 0.479 e. The minimum absolute atomic E-state index is 0.130. The van der Waals surface area contributed by atoms with E-state index in [1.165, 1.54) is 0 Å². The minimum Gasteiger partial charge on any atom is -0.479 e. The van der Waals surface area contributed by atoms with E-state index in [0.29, 0.717) is 0 Å². The summed E-state index contributed by atoms with van der Waals surface area (Å²) in [6.45, 7) is -0.592. The van der Waals surface area contributed by atoms with Crippen LogP contribution >= 0.6 is 11.6 Å². The smallest absolute Gasteiger partial charge is 0.334 e. The van der Waals surface area contributed by atoms with Gasteiger partial charge in [-0.3, -0.25) is 14.9 Å². The molecule has 1 aromatic rings. The number of carboxylic acid groups (broad SMARTS) is 1.